The van der Waals surface area contributed by atoms with Gasteiger partial charge < -0.3 is 4.74 Å². The lowest BCUT2D eigenvalue weighted by atomic mass is 10.0. The van der Waals surface area contributed by atoms with Gasteiger partial charge in [-0.25, -0.2) is 14.2 Å². The van der Waals surface area contributed by atoms with Crippen LogP contribution in [-0.2, 0) is 11.0 Å². The van der Waals surface area contributed by atoms with Crippen molar-refractivity contribution in [2.45, 2.75) is 4.90 Å². The van der Waals surface area contributed by atoms with Crippen molar-refractivity contribution in [2.75, 3.05) is 11.8 Å². The van der Waals surface area contributed by atoms with E-state index in [0.717, 1.165) is 22.0 Å². The van der Waals surface area contributed by atoms with Crippen molar-refractivity contribution in [3.05, 3.63) is 72.3 Å². The molecule has 0 fully saturated rings. The first-order valence-electron chi connectivity index (χ1n) is 8.33. The van der Waals surface area contributed by atoms with Crippen molar-refractivity contribution in [3.8, 4) is 17.0 Å². The first kappa shape index (κ1) is 18.3. The third kappa shape index (κ3) is 3.67. The molecule has 0 amide bonds. The molecule has 0 aliphatic carbocycles. The maximum atomic E-state index is 12.6. The van der Waals surface area contributed by atoms with E-state index < -0.39 is 11.0 Å². The van der Waals surface area contributed by atoms with E-state index in [2.05, 4.69) is 19.7 Å². The minimum Gasteiger partial charge on any atom is -0.496 e. The van der Waals surface area contributed by atoms with Crippen LogP contribution in [-0.4, -0.2) is 26.3 Å². The summed E-state index contributed by atoms with van der Waals surface area (Å²) >= 11 is 6.07. The Balaban J connectivity index is 1.74. The summed E-state index contributed by atoms with van der Waals surface area (Å²) in [7, 11) is 0.144. The van der Waals surface area contributed by atoms with Gasteiger partial charge in [0.05, 0.1) is 17.7 Å². The first-order valence-corrected chi connectivity index (χ1v) is 9.85. The van der Waals surface area contributed by atoms with Gasteiger partial charge in [0, 0.05) is 28.4 Å². The molecule has 0 aliphatic heterocycles. The largest absolute Gasteiger partial charge is 0.496 e. The van der Waals surface area contributed by atoms with Gasteiger partial charge in [0.25, 0.3) is 0 Å². The predicted molar refractivity (Wildman–Crippen MR) is 111 cm³/mol. The Morgan fingerprint density at radius 2 is 1.93 bits per heavy atom. The van der Waals surface area contributed by atoms with Crippen molar-refractivity contribution < 1.29 is 8.95 Å². The van der Waals surface area contributed by atoms with Crippen LogP contribution in [0.25, 0.3) is 22.0 Å². The van der Waals surface area contributed by atoms with Crippen molar-refractivity contribution >= 4 is 39.2 Å². The molecule has 4 aromatic rings. The number of ether oxygens (including phenoxy) is 1. The summed E-state index contributed by atoms with van der Waals surface area (Å²) in [5.74, 6) is 1.14. The summed E-state index contributed by atoms with van der Waals surface area (Å²) in [5, 5.41) is 2.43. The second-order valence-corrected chi connectivity index (χ2v) is 7.50. The number of benzene rings is 2. The number of rotatable bonds is 5. The average molecular weight is 411 g/mol. The molecule has 1 atom stereocenters. The van der Waals surface area contributed by atoms with E-state index in [-0.39, 0.29) is 0 Å². The Bertz CT molecular complexity index is 1170. The standard InChI is InChI=1S/C20H15ClN4O2S/c1-27-18-11-14(21)2-4-17(18)20-16-5-3-15(10-13(16)6-9-23-20)28(26)25-19-7-8-22-12-24-19/h2-12H,1H3,(H,22,24,25). The van der Waals surface area contributed by atoms with Gasteiger partial charge in [-0.2, -0.15) is 0 Å². The van der Waals surface area contributed by atoms with E-state index in [0.29, 0.717) is 21.5 Å². The number of anilines is 1. The molecule has 0 saturated carbocycles. The zero-order chi connectivity index (χ0) is 19.5. The molecule has 0 radical (unpaired) electrons. The lowest BCUT2D eigenvalue weighted by molar-refractivity contribution is 0.416. The molecular weight excluding hydrogens is 396 g/mol. The van der Waals surface area contributed by atoms with Crippen molar-refractivity contribution in [1.29, 1.82) is 0 Å². The lowest BCUT2D eigenvalue weighted by Crippen LogP contribution is -2.06. The van der Waals surface area contributed by atoms with Gasteiger partial charge >= 0.3 is 0 Å². The summed E-state index contributed by atoms with van der Waals surface area (Å²) in [6.07, 6.45) is 4.71. The van der Waals surface area contributed by atoms with Gasteiger partial charge in [-0.1, -0.05) is 17.7 Å². The molecule has 2 aromatic heterocycles. The topological polar surface area (TPSA) is 77.0 Å². The first-order chi connectivity index (χ1) is 13.7. The fraction of sp³-hybridized carbons (Fsp3) is 0.0500. The Morgan fingerprint density at radius 1 is 1.04 bits per heavy atom. The molecule has 2 aromatic carbocycles. The molecule has 1 N–H and O–H groups in total. The number of hydrogen-bond donors (Lipinski definition) is 1. The second kappa shape index (κ2) is 7.92. The van der Waals surface area contributed by atoms with E-state index in [1.54, 1.807) is 43.8 Å². The predicted octanol–water partition coefficient (Wildman–Crippen LogP) is 4.49. The Kier molecular flexibility index (Phi) is 5.18. The highest BCUT2D eigenvalue weighted by Gasteiger charge is 2.13. The van der Waals surface area contributed by atoms with E-state index >= 15 is 0 Å². The van der Waals surface area contributed by atoms with Crippen LogP contribution in [0.4, 0.5) is 5.82 Å². The van der Waals surface area contributed by atoms with Gasteiger partial charge in [-0.05, 0) is 47.9 Å². The monoisotopic (exact) mass is 410 g/mol. The molecule has 0 spiro atoms. The van der Waals surface area contributed by atoms with E-state index in [1.807, 2.05) is 24.3 Å². The van der Waals surface area contributed by atoms with Crippen LogP contribution in [0.5, 0.6) is 5.75 Å². The van der Waals surface area contributed by atoms with Crippen LogP contribution in [0.1, 0.15) is 0 Å². The number of fused-ring (bicyclic) bond motifs is 1. The average Bonchev–Trinajstić information content (AvgIpc) is 2.73. The highest BCUT2D eigenvalue weighted by molar-refractivity contribution is 7.86. The van der Waals surface area contributed by atoms with Crippen LogP contribution >= 0.6 is 11.6 Å². The van der Waals surface area contributed by atoms with Crippen LogP contribution in [0.3, 0.4) is 0 Å². The SMILES string of the molecule is COc1cc(Cl)ccc1-c1nccc2cc(S(=O)Nc3ccncn3)ccc12. The van der Waals surface area contributed by atoms with Crippen LogP contribution < -0.4 is 9.46 Å². The number of hydrogen-bond acceptors (Lipinski definition) is 5. The Morgan fingerprint density at radius 3 is 2.71 bits per heavy atom. The molecule has 28 heavy (non-hydrogen) atoms. The molecule has 6 nitrogen and oxygen atoms in total. The highest BCUT2D eigenvalue weighted by Crippen LogP contribution is 2.35. The molecule has 4 rings (SSSR count). The molecule has 8 heteroatoms. The van der Waals surface area contributed by atoms with Gasteiger partial charge in [0.15, 0.2) is 11.0 Å². The maximum absolute atomic E-state index is 12.6. The highest BCUT2D eigenvalue weighted by atomic mass is 35.5. The number of pyridine rings is 1. The summed E-state index contributed by atoms with van der Waals surface area (Å²) < 4.78 is 21.0. The Hall–Kier alpha value is -3.03. The van der Waals surface area contributed by atoms with Gasteiger partial charge in [0.2, 0.25) is 0 Å². The van der Waals surface area contributed by atoms with E-state index in [4.69, 9.17) is 16.3 Å². The number of aromatic nitrogens is 3. The molecule has 0 aliphatic rings. The van der Waals surface area contributed by atoms with Gasteiger partial charge in [0.1, 0.15) is 17.9 Å². The van der Waals surface area contributed by atoms with Crippen molar-refractivity contribution in [1.82, 2.24) is 15.0 Å². The zero-order valence-corrected chi connectivity index (χ0v) is 16.4. The molecule has 0 bridgehead atoms. The molecule has 140 valence electrons. The quantitative estimate of drug-likeness (QED) is 0.524. The normalized spacial score (nSPS) is 11.9. The summed E-state index contributed by atoms with van der Waals surface area (Å²) in [6.45, 7) is 0. The van der Waals surface area contributed by atoms with Crippen LogP contribution in [0, 0.1) is 0 Å². The molecular formula is C20H15ClN4O2S. The third-order valence-corrected chi connectivity index (χ3v) is 5.46. The summed E-state index contributed by atoms with van der Waals surface area (Å²) in [4.78, 5) is 13.0. The number of methoxy groups -OCH3 is 1. The molecule has 0 saturated heterocycles. The van der Waals surface area contributed by atoms with E-state index in [9.17, 15) is 4.21 Å². The fourth-order valence-corrected chi connectivity index (χ4v) is 3.87. The second-order valence-electron chi connectivity index (χ2n) is 5.85. The van der Waals surface area contributed by atoms with Crippen LogP contribution in [0.15, 0.2) is 72.1 Å². The number of nitrogens with one attached hydrogen (secondary N) is 1. The number of nitrogens with zero attached hydrogens (tertiary/aromatic N) is 3. The van der Waals surface area contributed by atoms with Crippen molar-refractivity contribution in [2.24, 2.45) is 0 Å². The van der Waals surface area contributed by atoms with E-state index in [1.165, 1.54) is 6.33 Å². The summed E-state index contributed by atoms with van der Waals surface area (Å²) in [5.41, 5.74) is 1.61. The Labute approximate surface area is 169 Å². The van der Waals surface area contributed by atoms with Gasteiger partial charge in [-0.3, -0.25) is 9.71 Å². The lowest BCUT2D eigenvalue weighted by Gasteiger charge is -2.12. The van der Waals surface area contributed by atoms with Gasteiger partial charge in [-0.15, -0.1) is 0 Å². The maximum Gasteiger partial charge on any atom is 0.151 e. The zero-order valence-electron chi connectivity index (χ0n) is 14.8. The fourth-order valence-electron chi connectivity index (χ4n) is 2.85. The molecule has 1 unspecified atom stereocenters. The smallest absolute Gasteiger partial charge is 0.151 e. The van der Waals surface area contributed by atoms with Crippen molar-refractivity contribution in [3.63, 3.8) is 0 Å². The summed E-state index contributed by atoms with van der Waals surface area (Å²) in [6, 6.07) is 14.6. The van der Waals surface area contributed by atoms with Crippen LogP contribution in [0.2, 0.25) is 5.02 Å². The number of halogens is 1. The minimum atomic E-state index is -1.45. The minimum absolute atomic E-state index is 0.495. The molecule has 2 heterocycles. The third-order valence-electron chi connectivity index (χ3n) is 4.15.